The maximum Gasteiger partial charge on any atom is 0.416 e. The van der Waals surface area contributed by atoms with Crippen LogP contribution in [0, 0.1) is 18.7 Å². The smallest absolute Gasteiger partial charge is 0.416 e. The van der Waals surface area contributed by atoms with Gasteiger partial charge in [0.05, 0.1) is 12.0 Å². The minimum absolute atomic E-state index is 0. The summed E-state index contributed by atoms with van der Waals surface area (Å²) in [6.45, 7) is 8.67. The van der Waals surface area contributed by atoms with Crippen LogP contribution in [0.25, 0.3) is 11.3 Å². The van der Waals surface area contributed by atoms with Gasteiger partial charge in [-0.2, -0.15) is 13.2 Å². The molecule has 2 aromatic heterocycles. The number of thiazole rings is 1. The van der Waals surface area contributed by atoms with E-state index in [4.69, 9.17) is 5.11 Å². The number of anilines is 4. The number of piperazine rings is 1. The molecule has 0 aliphatic carbocycles. The maximum absolute atomic E-state index is 14.4. The number of carboxylic acid groups (broad SMARTS) is 1. The molecule has 4 heterocycles. The molecule has 9 nitrogen and oxygen atoms in total. The van der Waals surface area contributed by atoms with E-state index >= 15 is 0 Å². The van der Waals surface area contributed by atoms with Gasteiger partial charge in [0, 0.05) is 57.4 Å². The highest BCUT2D eigenvalue weighted by molar-refractivity contribution is 7.20. The molecule has 0 radical (unpaired) electrons. The van der Waals surface area contributed by atoms with Crippen molar-refractivity contribution in [2.75, 3.05) is 60.9 Å². The number of aromatic nitrogens is 3. The van der Waals surface area contributed by atoms with E-state index in [1.165, 1.54) is 11.3 Å². The average Bonchev–Trinajstić information content (AvgIpc) is 3.35. The number of piperidine rings is 1. The third kappa shape index (κ3) is 8.11. The molecule has 0 unspecified atom stereocenters. The van der Waals surface area contributed by atoms with Crippen LogP contribution >= 0.6 is 11.3 Å². The zero-order chi connectivity index (χ0) is 30.0. The Hall–Kier alpha value is -3.52. The number of nitrogens with zero attached hydrogens (tertiary/aromatic N) is 6. The summed E-state index contributed by atoms with van der Waals surface area (Å²) in [6, 6.07) is 4.33. The second kappa shape index (κ2) is 13.4. The standard InChI is InChI=1S/C28H33F4N7O2S.CH4/c1-17-3-7-39(8-4-17)26-25(19-13-20(28(30,31)32)15-21(29)14-19)36-27(42-26)35-22-16-23(34-18(2)33-22)38-11-9-37(10-12-38)6-5-24(40)41;/h13-17H,3-12H2,1-2H3,(H,40,41)(H,33,34,35,36);1H4. The largest absolute Gasteiger partial charge is 0.481 e. The number of benzene rings is 1. The molecule has 234 valence electrons. The zero-order valence-corrected chi connectivity index (χ0v) is 24.2. The topological polar surface area (TPSA) is 97.7 Å². The molecule has 2 aliphatic heterocycles. The fraction of sp³-hybridized carbons (Fsp3) is 0.517. The molecule has 2 saturated heterocycles. The van der Waals surface area contributed by atoms with E-state index in [1.54, 1.807) is 13.0 Å². The number of nitrogens with one attached hydrogen (secondary N) is 1. The highest BCUT2D eigenvalue weighted by atomic mass is 32.1. The van der Waals surface area contributed by atoms with Crippen molar-refractivity contribution < 1.29 is 27.5 Å². The average molecular weight is 624 g/mol. The Balaban J connectivity index is 0.00000423. The normalized spacial score (nSPS) is 16.7. The SMILES string of the molecule is C.Cc1nc(Nc2nc(-c3cc(F)cc(C(F)(F)F)c3)c(N3CCC(C)CC3)s2)cc(N2CCN(CCC(=O)O)CC2)n1. The third-order valence-electron chi connectivity index (χ3n) is 7.58. The number of rotatable bonds is 8. The van der Waals surface area contributed by atoms with E-state index in [2.05, 4.69) is 41.9 Å². The van der Waals surface area contributed by atoms with Gasteiger partial charge in [0.15, 0.2) is 5.13 Å². The summed E-state index contributed by atoms with van der Waals surface area (Å²) in [7, 11) is 0. The number of carboxylic acids is 1. The Morgan fingerprint density at radius 2 is 1.72 bits per heavy atom. The summed E-state index contributed by atoms with van der Waals surface area (Å²) in [5.74, 6) is 0.485. The Morgan fingerprint density at radius 1 is 1.02 bits per heavy atom. The van der Waals surface area contributed by atoms with Crippen molar-refractivity contribution in [3.05, 3.63) is 41.5 Å². The lowest BCUT2D eigenvalue weighted by Crippen LogP contribution is -2.47. The molecule has 0 bridgehead atoms. The van der Waals surface area contributed by atoms with Gasteiger partial charge in [0.25, 0.3) is 0 Å². The molecule has 2 fully saturated rings. The van der Waals surface area contributed by atoms with Crippen molar-refractivity contribution in [3.8, 4) is 11.3 Å². The second-order valence-corrected chi connectivity index (χ2v) is 11.8. The van der Waals surface area contributed by atoms with Gasteiger partial charge >= 0.3 is 12.1 Å². The summed E-state index contributed by atoms with van der Waals surface area (Å²) >= 11 is 1.30. The molecular formula is C29H37F4N7O2S. The molecule has 5 rings (SSSR count). The van der Waals surface area contributed by atoms with E-state index in [9.17, 15) is 22.4 Å². The molecule has 2 N–H and O–H groups in total. The first-order valence-corrected chi connectivity index (χ1v) is 14.7. The second-order valence-electron chi connectivity index (χ2n) is 10.8. The molecule has 14 heteroatoms. The molecule has 0 atom stereocenters. The Kier molecular flexibility index (Phi) is 10.1. The Morgan fingerprint density at radius 3 is 2.37 bits per heavy atom. The summed E-state index contributed by atoms with van der Waals surface area (Å²) in [5, 5.41) is 13.3. The molecule has 0 spiro atoms. The lowest BCUT2D eigenvalue weighted by Gasteiger charge is -2.35. The maximum atomic E-state index is 14.4. The summed E-state index contributed by atoms with van der Waals surface area (Å²) < 4.78 is 55.0. The van der Waals surface area contributed by atoms with Gasteiger partial charge in [-0.3, -0.25) is 9.69 Å². The first kappa shape index (κ1) is 32.4. The Labute approximate surface area is 252 Å². The van der Waals surface area contributed by atoms with Crippen molar-refractivity contribution in [1.82, 2.24) is 19.9 Å². The third-order valence-corrected chi connectivity index (χ3v) is 8.61. The van der Waals surface area contributed by atoms with E-state index < -0.39 is 23.5 Å². The number of aryl methyl sites for hydroxylation is 1. The van der Waals surface area contributed by atoms with Gasteiger partial charge in [-0.15, -0.1) is 0 Å². The highest BCUT2D eigenvalue weighted by Crippen LogP contribution is 2.43. The number of hydrogen-bond donors (Lipinski definition) is 2. The monoisotopic (exact) mass is 623 g/mol. The van der Waals surface area contributed by atoms with Gasteiger partial charge in [0.1, 0.15) is 34.0 Å². The summed E-state index contributed by atoms with van der Waals surface area (Å²) in [4.78, 5) is 31.0. The van der Waals surface area contributed by atoms with Crippen molar-refractivity contribution in [3.63, 3.8) is 0 Å². The highest BCUT2D eigenvalue weighted by Gasteiger charge is 2.32. The quantitative estimate of drug-likeness (QED) is 0.281. The fourth-order valence-electron chi connectivity index (χ4n) is 5.21. The van der Waals surface area contributed by atoms with Crippen LogP contribution in [0.1, 0.15) is 45.0 Å². The zero-order valence-electron chi connectivity index (χ0n) is 23.4. The van der Waals surface area contributed by atoms with Crippen LogP contribution in [0.3, 0.4) is 0 Å². The molecule has 3 aromatic rings. The van der Waals surface area contributed by atoms with E-state index in [1.807, 2.05) is 0 Å². The number of carbonyl (C=O) groups is 1. The van der Waals surface area contributed by atoms with Crippen LogP contribution in [0.15, 0.2) is 24.3 Å². The molecule has 1 aromatic carbocycles. The van der Waals surface area contributed by atoms with Gasteiger partial charge in [-0.05, 0) is 43.9 Å². The summed E-state index contributed by atoms with van der Waals surface area (Å²) in [6.07, 6.45) is -2.71. The molecule has 0 amide bonds. The molecule has 0 saturated carbocycles. The van der Waals surface area contributed by atoms with Crippen LogP contribution in [0.4, 0.5) is 39.3 Å². The molecular weight excluding hydrogens is 586 g/mol. The first-order valence-electron chi connectivity index (χ1n) is 13.9. The first-order chi connectivity index (χ1) is 19.9. The van der Waals surface area contributed by atoms with Gasteiger partial charge < -0.3 is 20.2 Å². The summed E-state index contributed by atoms with van der Waals surface area (Å²) in [5.41, 5.74) is -0.691. The number of alkyl halides is 3. The molecule has 2 aliphatic rings. The predicted octanol–water partition coefficient (Wildman–Crippen LogP) is 6.28. The minimum Gasteiger partial charge on any atom is -0.481 e. The van der Waals surface area contributed by atoms with E-state index in [-0.39, 0.29) is 19.4 Å². The predicted molar refractivity (Wildman–Crippen MR) is 161 cm³/mol. The Bertz CT molecular complexity index is 1420. The lowest BCUT2D eigenvalue weighted by molar-refractivity contribution is -0.138. The van der Waals surface area contributed by atoms with Crippen molar-refractivity contribution in [2.24, 2.45) is 5.92 Å². The van der Waals surface area contributed by atoms with Gasteiger partial charge in [-0.1, -0.05) is 25.7 Å². The van der Waals surface area contributed by atoms with Crippen molar-refractivity contribution in [2.45, 2.75) is 46.7 Å². The van der Waals surface area contributed by atoms with E-state index in [0.29, 0.717) is 78.0 Å². The number of halogens is 4. The van der Waals surface area contributed by atoms with Crippen LogP contribution in [0.5, 0.6) is 0 Å². The van der Waals surface area contributed by atoms with Crippen molar-refractivity contribution in [1.29, 1.82) is 0 Å². The van der Waals surface area contributed by atoms with Crippen molar-refractivity contribution >= 4 is 39.1 Å². The van der Waals surface area contributed by atoms with Gasteiger partial charge in [0.2, 0.25) is 0 Å². The minimum atomic E-state index is -4.69. The number of hydrogen-bond acceptors (Lipinski definition) is 9. The molecule has 43 heavy (non-hydrogen) atoms. The van der Waals surface area contributed by atoms with E-state index in [0.717, 1.165) is 38.1 Å². The van der Waals surface area contributed by atoms with Crippen LogP contribution in [-0.4, -0.2) is 76.7 Å². The van der Waals surface area contributed by atoms with Crippen LogP contribution < -0.4 is 15.1 Å². The van der Waals surface area contributed by atoms with Crippen LogP contribution in [0.2, 0.25) is 0 Å². The number of aliphatic carboxylic acids is 1. The van der Waals surface area contributed by atoms with Crippen LogP contribution in [-0.2, 0) is 11.0 Å². The van der Waals surface area contributed by atoms with Gasteiger partial charge in [-0.25, -0.2) is 19.3 Å². The fourth-order valence-corrected chi connectivity index (χ4v) is 6.26. The lowest BCUT2D eigenvalue weighted by atomic mass is 9.99.